The van der Waals surface area contributed by atoms with Gasteiger partial charge in [-0.2, -0.15) is 0 Å². The van der Waals surface area contributed by atoms with E-state index in [-0.39, 0.29) is 10.8 Å². The Bertz CT molecular complexity index is 593. The summed E-state index contributed by atoms with van der Waals surface area (Å²) >= 11 is 0. The highest BCUT2D eigenvalue weighted by Crippen LogP contribution is 2.36. The summed E-state index contributed by atoms with van der Waals surface area (Å²) in [6.45, 7) is 13.5. The fourth-order valence-corrected chi connectivity index (χ4v) is 2.73. The molecule has 0 aliphatic carbocycles. The van der Waals surface area contributed by atoms with Crippen LogP contribution in [0.3, 0.4) is 0 Å². The van der Waals surface area contributed by atoms with E-state index in [0.29, 0.717) is 0 Å². The van der Waals surface area contributed by atoms with Crippen molar-refractivity contribution in [2.24, 2.45) is 7.05 Å². The summed E-state index contributed by atoms with van der Waals surface area (Å²) in [6.07, 6.45) is 0. The van der Waals surface area contributed by atoms with Crippen LogP contribution in [-0.4, -0.2) is 9.55 Å². The summed E-state index contributed by atoms with van der Waals surface area (Å²) in [5.74, 6) is 1.06. The molecule has 0 atom stereocenters. The molecular formula is C18H26N2. The Kier molecular flexibility index (Phi) is 3.53. The smallest absolute Gasteiger partial charge is 0.140 e. The number of rotatable bonds is 1. The third kappa shape index (κ3) is 2.65. The Balaban J connectivity index is 2.72. The van der Waals surface area contributed by atoms with Crippen LogP contribution in [0, 0.1) is 0 Å². The van der Waals surface area contributed by atoms with Crippen LogP contribution in [-0.2, 0) is 17.9 Å². The molecule has 0 radical (unpaired) electrons. The summed E-state index contributed by atoms with van der Waals surface area (Å²) in [5, 5.41) is 0. The molecule has 20 heavy (non-hydrogen) atoms. The van der Waals surface area contributed by atoms with Gasteiger partial charge in [-0.15, -0.1) is 0 Å². The van der Waals surface area contributed by atoms with Crippen LogP contribution in [0.1, 0.15) is 52.9 Å². The molecule has 0 saturated heterocycles. The minimum Gasteiger partial charge on any atom is -0.330 e. The Morgan fingerprint density at radius 2 is 1.40 bits per heavy atom. The second kappa shape index (κ2) is 4.76. The monoisotopic (exact) mass is 270 g/mol. The van der Waals surface area contributed by atoms with Gasteiger partial charge in [0.2, 0.25) is 0 Å². The predicted molar refractivity (Wildman–Crippen MR) is 86.0 cm³/mol. The molecule has 0 aliphatic rings. The molecule has 0 spiro atoms. The fraction of sp³-hybridized carbons (Fsp3) is 0.500. The summed E-state index contributed by atoms with van der Waals surface area (Å²) in [7, 11) is 2.13. The van der Waals surface area contributed by atoms with E-state index in [1.165, 1.54) is 17.0 Å². The van der Waals surface area contributed by atoms with E-state index < -0.39 is 0 Å². The molecule has 0 bridgehead atoms. The molecule has 2 heteroatoms. The molecule has 2 aromatic rings. The highest BCUT2D eigenvalue weighted by Gasteiger charge is 2.31. The normalized spacial score (nSPS) is 12.8. The van der Waals surface area contributed by atoms with Gasteiger partial charge in [-0.05, 0) is 0 Å². The Hall–Kier alpha value is -1.57. The number of hydrogen-bond donors (Lipinski definition) is 0. The van der Waals surface area contributed by atoms with Gasteiger partial charge < -0.3 is 4.57 Å². The van der Waals surface area contributed by atoms with Gasteiger partial charge in [0, 0.05) is 29.1 Å². The van der Waals surface area contributed by atoms with Crippen molar-refractivity contribution in [3.63, 3.8) is 0 Å². The summed E-state index contributed by atoms with van der Waals surface area (Å²) < 4.78 is 2.26. The summed E-state index contributed by atoms with van der Waals surface area (Å²) in [6, 6.07) is 10.4. The number of imidazole rings is 1. The van der Waals surface area contributed by atoms with Crippen molar-refractivity contribution >= 4 is 0 Å². The summed E-state index contributed by atoms with van der Waals surface area (Å²) in [4.78, 5) is 4.98. The van der Waals surface area contributed by atoms with E-state index in [2.05, 4.69) is 77.4 Å². The molecular weight excluding hydrogens is 244 g/mol. The first-order valence-electron chi connectivity index (χ1n) is 7.25. The van der Waals surface area contributed by atoms with Crippen LogP contribution < -0.4 is 0 Å². The van der Waals surface area contributed by atoms with Gasteiger partial charge in [0.15, 0.2) is 0 Å². The topological polar surface area (TPSA) is 17.8 Å². The zero-order valence-corrected chi connectivity index (χ0v) is 13.8. The lowest BCUT2D eigenvalue weighted by molar-refractivity contribution is 0.496. The van der Waals surface area contributed by atoms with E-state index in [1.54, 1.807) is 0 Å². The van der Waals surface area contributed by atoms with E-state index in [1.807, 2.05) is 6.07 Å². The van der Waals surface area contributed by atoms with Crippen LogP contribution in [0.2, 0.25) is 0 Å². The van der Waals surface area contributed by atoms with Crippen molar-refractivity contribution in [3.05, 3.63) is 41.7 Å². The lowest BCUT2D eigenvalue weighted by Gasteiger charge is -2.26. The third-order valence-electron chi connectivity index (χ3n) is 3.55. The molecule has 0 aliphatic heterocycles. The van der Waals surface area contributed by atoms with E-state index >= 15 is 0 Å². The van der Waals surface area contributed by atoms with Gasteiger partial charge in [0.1, 0.15) is 5.82 Å². The standard InChI is InChI=1S/C18H26N2/c1-17(2,3)14-15(18(4,5)6)20(7)16(19-14)13-11-9-8-10-12-13/h8-12H,1-7H3. The van der Waals surface area contributed by atoms with Crippen molar-refractivity contribution in [1.82, 2.24) is 9.55 Å². The number of nitrogens with zero attached hydrogens (tertiary/aromatic N) is 2. The van der Waals surface area contributed by atoms with Gasteiger partial charge >= 0.3 is 0 Å². The average molecular weight is 270 g/mol. The van der Waals surface area contributed by atoms with Gasteiger partial charge in [0.05, 0.1) is 5.69 Å². The van der Waals surface area contributed by atoms with E-state index in [4.69, 9.17) is 4.98 Å². The average Bonchev–Trinajstić information content (AvgIpc) is 2.67. The number of aromatic nitrogens is 2. The quantitative estimate of drug-likeness (QED) is 0.735. The predicted octanol–water partition coefficient (Wildman–Crippen LogP) is 4.68. The van der Waals surface area contributed by atoms with Crippen molar-refractivity contribution in [2.75, 3.05) is 0 Å². The van der Waals surface area contributed by atoms with Gasteiger partial charge in [0.25, 0.3) is 0 Å². The fourth-order valence-electron chi connectivity index (χ4n) is 2.73. The molecule has 2 nitrogen and oxygen atoms in total. The zero-order chi connectivity index (χ0) is 15.1. The third-order valence-corrected chi connectivity index (χ3v) is 3.55. The second-order valence-electron chi connectivity index (χ2n) is 7.56. The van der Waals surface area contributed by atoms with Crippen LogP contribution in [0.15, 0.2) is 30.3 Å². The van der Waals surface area contributed by atoms with Crippen molar-refractivity contribution in [2.45, 2.75) is 52.4 Å². The molecule has 1 heterocycles. The van der Waals surface area contributed by atoms with Crippen molar-refractivity contribution < 1.29 is 0 Å². The molecule has 0 fully saturated rings. The van der Waals surface area contributed by atoms with E-state index in [0.717, 1.165) is 5.82 Å². The van der Waals surface area contributed by atoms with Crippen LogP contribution in [0.4, 0.5) is 0 Å². The minimum absolute atomic E-state index is 0.0490. The molecule has 1 aromatic carbocycles. The maximum atomic E-state index is 4.98. The van der Waals surface area contributed by atoms with Crippen molar-refractivity contribution in [3.8, 4) is 11.4 Å². The zero-order valence-electron chi connectivity index (χ0n) is 13.8. The highest BCUT2D eigenvalue weighted by molar-refractivity contribution is 5.57. The molecule has 108 valence electrons. The molecule has 0 amide bonds. The van der Waals surface area contributed by atoms with Gasteiger partial charge in [-0.1, -0.05) is 71.9 Å². The molecule has 2 rings (SSSR count). The maximum Gasteiger partial charge on any atom is 0.140 e. The first kappa shape index (κ1) is 14.8. The lowest BCUT2D eigenvalue weighted by atomic mass is 9.82. The Labute approximate surface area is 122 Å². The Morgan fingerprint density at radius 1 is 0.850 bits per heavy atom. The van der Waals surface area contributed by atoms with Crippen LogP contribution in [0.25, 0.3) is 11.4 Å². The number of hydrogen-bond acceptors (Lipinski definition) is 1. The van der Waals surface area contributed by atoms with Gasteiger partial charge in [-0.3, -0.25) is 0 Å². The SMILES string of the molecule is Cn1c(-c2ccccc2)nc(C(C)(C)C)c1C(C)(C)C. The largest absolute Gasteiger partial charge is 0.330 e. The molecule has 0 N–H and O–H groups in total. The van der Waals surface area contributed by atoms with Crippen LogP contribution in [0.5, 0.6) is 0 Å². The second-order valence-corrected chi connectivity index (χ2v) is 7.56. The summed E-state index contributed by atoms with van der Waals surface area (Å²) in [5.41, 5.74) is 3.83. The first-order chi connectivity index (χ1) is 9.12. The van der Waals surface area contributed by atoms with Crippen molar-refractivity contribution in [1.29, 1.82) is 0 Å². The highest BCUT2D eigenvalue weighted by atomic mass is 15.1. The first-order valence-corrected chi connectivity index (χ1v) is 7.25. The number of benzene rings is 1. The Morgan fingerprint density at radius 3 is 1.80 bits per heavy atom. The van der Waals surface area contributed by atoms with Gasteiger partial charge in [-0.25, -0.2) is 4.98 Å². The van der Waals surface area contributed by atoms with E-state index in [9.17, 15) is 0 Å². The molecule has 0 saturated carbocycles. The molecule has 1 aromatic heterocycles. The maximum absolute atomic E-state index is 4.98. The molecule has 0 unspecified atom stereocenters. The lowest BCUT2D eigenvalue weighted by Crippen LogP contribution is -2.24. The van der Waals surface area contributed by atoms with Crippen LogP contribution >= 0.6 is 0 Å². The minimum atomic E-state index is 0.0490.